The van der Waals surface area contributed by atoms with Gasteiger partial charge in [-0.25, -0.2) is 0 Å². The Morgan fingerprint density at radius 3 is 2.52 bits per heavy atom. The number of benzene rings is 2. The van der Waals surface area contributed by atoms with E-state index in [9.17, 15) is 4.79 Å². The van der Waals surface area contributed by atoms with E-state index in [1.807, 2.05) is 51.1 Å². The van der Waals surface area contributed by atoms with Gasteiger partial charge in [0.05, 0.1) is 12.5 Å². The molecule has 0 aliphatic heterocycles. The topological polar surface area (TPSA) is 61.5 Å². The molecule has 1 heterocycles. The minimum atomic E-state index is -0.164. The Balaban J connectivity index is 1.90. The SMILES string of the molecule is CC(C)NC(=O)[C@@H](C)[NH2+]C[C@H](c1ccccc1Cl)c1c[nH]c2ccccc12. The van der Waals surface area contributed by atoms with E-state index in [4.69, 9.17) is 11.6 Å². The first-order valence-electron chi connectivity index (χ1n) is 9.41. The maximum Gasteiger partial charge on any atom is 0.278 e. The summed E-state index contributed by atoms with van der Waals surface area (Å²) in [4.78, 5) is 15.7. The van der Waals surface area contributed by atoms with Crippen molar-refractivity contribution in [2.24, 2.45) is 0 Å². The van der Waals surface area contributed by atoms with Gasteiger partial charge in [-0.15, -0.1) is 0 Å². The van der Waals surface area contributed by atoms with Crippen molar-refractivity contribution in [1.82, 2.24) is 10.3 Å². The predicted octanol–water partition coefficient (Wildman–Crippen LogP) is 3.43. The van der Waals surface area contributed by atoms with Crippen molar-refractivity contribution in [3.8, 4) is 0 Å². The fourth-order valence-corrected chi connectivity index (χ4v) is 3.69. The molecule has 0 bridgehead atoms. The van der Waals surface area contributed by atoms with Crippen LogP contribution in [-0.2, 0) is 4.79 Å². The molecule has 0 aliphatic rings. The van der Waals surface area contributed by atoms with Gasteiger partial charge in [-0.05, 0) is 44.0 Å². The second kappa shape index (κ2) is 8.59. The number of hydrogen-bond acceptors (Lipinski definition) is 1. The minimum Gasteiger partial charge on any atom is -0.361 e. The number of halogens is 1. The number of nitrogens with one attached hydrogen (secondary N) is 2. The van der Waals surface area contributed by atoms with Gasteiger partial charge in [0.15, 0.2) is 6.04 Å². The molecule has 4 nitrogen and oxygen atoms in total. The zero-order valence-corrected chi connectivity index (χ0v) is 16.8. The number of rotatable bonds is 7. The number of amides is 1. The molecule has 0 saturated carbocycles. The van der Waals surface area contributed by atoms with Crippen LogP contribution in [0.3, 0.4) is 0 Å². The summed E-state index contributed by atoms with van der Waals surface area (Å²) in [5, 5.41) is 7.01. The molecule has 0 unspecified atom stereocenters. The molecule has 2 atom stereocenters. The van der Waals surface area contributed by atoms with Crippen molar-refractivity contribution >= 4 is 28.4 Å². The minimum absolute atomic E-state index is 0.0573. The molecule has 1 amide bonds. The summed E-state index contributed by atoms with van der Waals surface area (Å²) in [6.45, 7) is 6.63. The van der Waals surface area contributed by atoms with Gasteiger partial charge in [-0.1, -0.05) is 48.0 Å². The standard InChI is InChI=1S/C22H26ClN3O/c1-14(2)26-22(27)15(3)24-12-18(16-8-4-6-10-20(16)23)19-13-25-21-11-7-5-9-17(19)21/h4-11,13-15,18,24-25H,12H2,1-3H3,(H,26,27)/p+1/t15-,18-/m1/s1. The number of carbonyl (C=O) groups excluding carboxylic acids is 1. The molecule has 5 heteroatoms. The fourth-order valence-electron chi connectivity index (χ4n) is 3.42. The number of aromatic amines is 1. The number of aromatic nitrogens is 1. The number of hydrogen-bond donors (Lipinski definition) is 3. The van der Waals surface area contributed by atoms with Crippen LogP contribution in [0.2, 0.25) is 5.02 Å². The number of nitrogens with two attached hydrogens (primary N) is 1. The highest BCUT2D eigenvalue weighted by molar-refractivity contribution is 6.31. The van der Waals surface area contributed by atoms with Crippen molar-refractivity contribution in [3.05, 3.63) is 70.9 Å². The van der Waals surface area contributed by atoms with Gasteiger partial charge in [-0.3, -0.25) is 4.79 Å². The third kappa shape index (κ3) is 4.52. The molecule has 4 N–H and O–H groups in total. The number of carbonyl (C=O) groups is 1. The molecule has 27 heavy (non-hydrogen) atoms. The molecule has 142 valence electrons. The third-order valence-corrected chi connectivity index (χ3v) is 5.19. The smallest absolute Gasteiger partial charge is 0.278 e. The maximum atomic E-state index is 12.3. The van der Waals surface area contributed by atoms with E-state index in [1.54, 1.807) is 0 Å². The Morgan fingerprint density at radius 1 is 1.07 bits per heavy atom. The van der Waals surface area contributed by atoms with Crippen molar-refractivity contribution in [3.63, 3.8) is 0 Å². The van der Waals surface area contributed by atoms with E-state index in [1.165, 1.54) is 10.9 Å². The van der Waals surface area contributed by atoms with Crippen LogP contribution in [0.15, 0.2) is 54.7 Å². The van der Waals surface area contributed by atoms with Gasteiger partial charge >= 0.3 is 0 Å². The second-order valence-corrected chi connectivity index (χ2v) is 7.69. The Morgan fingerprint density at radius 2 is 1.78 bits per heavy atom. The molecule has 3 aromatic rings. The number of fused-ring (bicyclic) bond motifs is 1. The van der Waals surface area contributed by atoms with E-state index >= 15 is 0 Å². The molecule has 1 aromatic heterocycles. The van der Waals surface area contributed by atoms with Gasteiger partial charge in [0.2, 0.25) is 0 Å². The number of para-hydroxylation sites is 1. The van der Waals surface area contributed by atoms with Crippen molar-refractivity contribution in [1.29, 1.82) is 0 Å². The van der Waals surface area contributed by atoms with E-state index in [2.05, 4.69) is 40.0 Å². The molecule has 0 fully saturated rings. The Hall–Kier alpha value is -2.30. The molecule has 0 aliphatic carbocycles. The summed E-state index contributed by atoms with van der Waals surface area (Å²) in [6.07, 6.45) is 2.06. The van der Waals surface area contributed by atoms with E-state index in [0.717, 1.165) is 22.6 Å². The first kappa shape index (κ1) is 19.5. The van der Waals surface area contributed by atoms with Gasteiger partial charge in [0.25, 0.3) is 5.91 Å². The first-order chi connectivity index (χ1) is 13.0. The van der Waals surface area contributed by atoms with Gasteiger partial charge in [-0.2, -0.15) is 0 Å². The van der Waals surface area contributed by atoms with Crippen molar-refractivity contribution in [2.75, 3.05) is 6.54 Å². The van der Waals surface area contributed by atoms with E-state index < -0.39 is 0 Å². The van der Waals surface area contributed by atoms with Crippen LogP contribution in [0.4, 0.5) is 0 Å². The molecule has 0 saturated heterocycles. The lowest BCUT2D eigenvalue weighted by Gasteiger charge is -2.20. The summed E-state index contributed by atoms with van der Waals surface area (Å²) in [7, 11) is 0. The highest BCUT2D eigenvalue weighted by Gasteiger charge is 2.25. The van der Waals surface area contributed by atoms with E-state index in [0.29, 0.717) is 0 Å². The Bertz CT molecular complexity index is 919. The van der Waals surface area contributed by atoms with Gasteiger partial charge in [0.1, 0.15) is 0 Å². The zero-order chi connectivity index (χ0) is 19.4. The van der Waals surface area contributed by atoms with Crippen LogP contribution < -0.4 is 10.6 Å². The average molecular weight is 385 g/mol. The lowest BCUT2D eigenvalue weighted by atomic mass is 9.90. The quantitative estimate of drug-likeness (QED) is 0.574. The van der Waals surface area contributed by atoms with Gasteiger partial charge < -0.3 is 15.6 Å². The zero-order valence-electron chi connectivity index (χ0n) is 16.0. The highest BCUT2D eigenvalue weighted by Crippen LogP contribution is 2.33. The largest absolute Gasteiger partial charge is 0.361 e. The second-order valence-electron chi connectivity index (χ2n) is 7.29. The summed E-state index contributed by atoms with van der Waals surface area (Å²) in [5.74, 6) is 0.144. The lowest BCUT2D eigenvalue weighted by Crippen LogP contribution is -2.92. The molecule has 2 aromatic carbocycles. The van der Waals surface area contributed by atoms with Crippen molar-refractivity contribution < 1.29 is 10.1 Å². The monoisotopic (exact) mass is 384 g/mol. The fraction of sp³-hybridized carbons (Fsp3) is 0.318. The molecular weight excluding hydrogens is 358 g/mol. The normalized spacial score (nSPS) is 13.7. The summed E-state index contributed by atoms with van der Waals surface area (Å²) < 4.78 is 0. The van der Waals surface area contributed by atoms with Crippen LogP contribution in [0.25, 0.3) is 10.9 Å². The predicted molar refractivity (Wildman–Crippen MR) is 111 cm³/mol. The van der Waals surface area contributed by atoms with Crippen LogP contribution in [0.5, 0.6) is 0 Å². The molecule has 0 spiro atoms. The Kier molecular flexibility index (Phi) is 6.19. The highest BCUT2D eigenvalue weighted by atomic mass is 35.5. The van der Waals surface area contributed by atoms with Crippen molar-refractivity contribution in [2.45, 2.75) is 38.8 Å². The van der Waals surface area contributed by atoms with E-state index in [-0.39, 0.29) is 23.9 Å². The number of H-pyrrole nitrogens is 1. The maximum absolute atomic E-state index is 12.3. The van der Waals surface area contributed by atoms with Crippen LogP contribution >= 0.6 is 11.6 Å². The third-order valence-electron chi connectivity index (χ3n) is 4.85. The number of quaternary nitrogens is 1. The molecule has 0 radical (unpaired) electrons. The van der Waals surface area contributed by atoms with Crippen LogP contribution in [0, 0.1) is 0 Å². The Labute approximate surface area is 165 Å². The molecular formula is C22H27ClN3O+. The lowest BCUT2D eigenvalue weighted by molar-refractivity contribution is -0.674. The first-order valence-corrected chi connectivity index (χ1v) is 9.79. The molecule has 3 rings (SSSR count). The van der Waals surface area contributed by atoms with Crippen LogP contribution in [0.1, 0.15) is 37.8 Å². The van der Waals surface area contributed by atoms with Gasteiger partial charge in [0, 0.05) is 28.2 Å². The summed E-state index contributed by atoms with van der Waals surface area (Å²) in [6, 6.07) is 16.2. The average Bonchev–Trinajstić information content (AvgIpc) is 3.06. The van der Waals surface area contributed by atoms with Crippen LogP contribution in [-0.4, -0.2) is 29.5 Å². The summed E-state index contributed by atoms with van der Waals surface area (Å²) >= 11 is 6.53. The summed E-state index contributed by atoms with van der Waals surface area (Å²) in [5.41, 5.74) is 3.39.